The van der Waals surface area contributed by atoms with Crippen LogP contribution in [0, 0.1) is 6.92 Å². The summed E-state index contributed by atoms with van der Waals surface area (Å²) in [6.07, 6.45) is 6.65. The zero-order valence-electron chi connectivity index (χ0n) is 21.9. The molecule has 9 nitrogen and oxygen atoms in total. The van der Waals surface area contributed by atoms with Gasteiger partial charge < -0.3 is 24.3 Å². The maximum absolute atomic E-state index is 13.1. The predicted octanol–water partition coefficient (Wildman–Crippen LogP) is 4.65. The number of halogens is 2. The van der Waals surface area contributed by atoms with Crippen molar-refractivity contribution in [2.75, 3.05) is 18.1 Å². The molecule has 1 amide bonds. The molecule has 5 heterocycles. The summed E-state index contributed by atoms with van der Waals surface area (Å²) in [5.41, 5.74) is 4.39. The van der Waals surface area contributed by atoms with Gasteiger partial charge in [-0.1, -0.05) is 12.1 Å². The average molecular weight is 547 g/mol. The van der Waals surface area contributed by atoms with Gasteiger partial charge in [0.25, 0.3) is 5.91 Å². The number of benzene rings is 2. The topological polar surface area (TPSA) is 94.4 Å². The van der Waals surface area contributed by atoms with Crippen LogP contribution in [0.25, 0.3) is 22.2 Å². The quantitative estimate of drug-likeness (QED) is 0.376. The predicted molar refractivity (Wildman–Crippen MR) is 144 cm³/mol. The second-order valence-corrected chi connectivity index (χ2v) is 10.5. The first-order valence-corrected chi connectivity index (χ1v) is 13.5. The van der Waals surface area contributed by atoms with E-state index in [1.165, 1.54) is 12.1 Å². The summed E-state index contributed by atoms with van der Waals surface area (Å²) >= 11 is 0. The van der Waals surface area contributed by atoms with Gasteiger partial charge in [-0.15, -0.1) is 0 Å². The molecule has 0 spiro atoms. The lowest BCUT2D eigenvalue weighted by molar-refractivity contribution is -0.0503. The second kappa shape index (κ2) is 9.81. The first-order valence-electron chi connectivity index (χ1n) is 13.5. The highest BCUT2D eigenvalue weighted by molar-refractivity contribution is 5.96. The molecular weight excluding hydrogens is 518 g/mol. The molecule has 2 bridgehead atoms. The van der Waals surface area contributed by atoms with E-state index in [0.29, 0.717) is 36.2 Å². The lowest BCUT2D eigenvalue weighted by Gasteiger charge is -2.34. The molecule has 0 unspecified atom stereocenters. The number of hydrogen-bond donors (Lipinski definition) is 1. The lowest BCUT2D eigenvalue weighted by atomic mass is 10.1. The van der Waals surface area contributed by atoms with Crippen LogP contribution in [-0.4, -0.2) is 57.3 Å². The van der Waals surface area contributed by atoms with E-state index in [1.54, 1.807) is 13.0 Å². The van der Waals surface area contributed by atoms with Crippen LogP contribution in [-0.2, 0) is 11.3 Å². The minimum atomic E-state index is -2.96. The van der Waals surface area contributed by atoms with E-state index in [1.807, 2.05) is 24.5 Å². The molecule has 2 saturated heterocycles. The molecule has 0 aliphatic carbocycles. The Morgan fingerprint density at radius 1 is 1.07 bits per heavy atom. The molecule has 7 rings (SSSR count). The highest BCUT2D eigenvalue weighted by atomic mass is 19.3. The van der Waals surface area contributed by atoms with Crippen LogP contribution in [0.15, 0.2) is 48.8 Å². The van der Waals surface area contributed by atoms with E-state index < -0.39 is 6.61 Å². The van der Waals surface area contributed by atoms with Crippen LogP contribution in [0.2, 0.25) is 0 Å². The number of fused-ring (bicyclic) bond motifs is 5. The number of imidazole rings is 1. The van der Waals surface area contributed by atoms with Crippen molar-refractivity contribution in [1.29, 1.82) is 0 Å². The average Bonchev–Trinajstić information content (AvgIpc) is 3.59. The molecule has 1 N–H and O–H groups in total. The monoisotopic (exact) mass is 546 g/mol. The first kappa shape index (κ1) is 24.9. The summed E-state index contributed by atoms with van der Waals surface area (Å²) < 4.78 is 37.8. The summed E-state index contributed by atoms with van der Waals surface area (Å²) in [5, 5.41) is 3.03. The first-order chi connectivity index (χ1) is 19.5. The van der Waals surface area contributed by atoms with E-state index in [2.05, 4.69) is 25.6 Å². The van der Waals surface area contributed by atoms with E-state index in [9.17, 15) is 13.6 Å². The molecule has 0 radical (unpaired) electrons. The van der Waals surface area contributed by atoms with Crippen molar-refractivity contribution in [3.05, 3.63) is 65.7 Å². The van der Waals surface area contributed by atoms with Crippen LogP contribution in [0.1, 0.15) is 47.1 Å². The number of amides is 1. The van der Waals surface area contributed by atoms with Gasteiger partial charge in [-0.2, -0.15) is 8.78 Å². The van der Waals surface area contributed by atoms with Gasteiger partial charge in [-0.25, -0.2) is 15.0 Å². The standard InChI is InChI=1S/C29H28F2N6O3/c1-16-21(3-2-4-25(16)40-28(30)31)27(38)35-23-9-10-36-24-11-17(5-8-22(24)34-26(23)36)18-12-32-29(33-13-18)37-19-6-7-20(37)15-39-14-19/h2-5,8,11-13,19-20,23,28H,6-7,9-10,14-15H2,1H3,(H,35,38)/t19-,20+,23-/m1/s1. The van der Waals surface area contributed by atoms with Crippen molar-refractivity contribution >= 4 is 22.9 Å². The normalized spacial score (nSPS) is 21.7. The molecule has 2 aromatic heterocycles. The molecule has 4 aromatic rings. The second-order valence-electron chi connectivity index (χ2n) is 10.5. The van der Waals surface area contributed by atoms with Gasteiger partial charge in [-0.05, 0) is 56.0 Å². The number of nitrogens with one attached hydrogen (secondary N) is 1. The highest BCUT2D eigenvalue weighted by Gasteiger charge is 2.38. The maximum atomic E-state index is 13.1. The summed E-state index contributed by atoms with van der Waals surface area (Å²) in [4.78, 5) is 29.6. The number of carbonyl (C=O) groups is 1. The summed E-state index contributed by atoms with van der Waals surface area (Å²) in [6, 6.07) is 11.0. The fourth-order valence-corrected chi connectivity index (χ4v) is 6.22. The van der Waals surface area contributed by atoms with Crippen LogP contribution in [0.4, 0.5) is 14.7 Å². The van der Waals surface area contributed by atoms with Gasteiger partial charge in [0.2, 0.25) is 5.95 Å². The number of ether oxygens (including phenoxy) is 2. The number of nitrogens with zero attached hydrogens (tertiary/aromatic N) is 5. The molecule has 206 valence electrons. The number of rotatable bonds is 6. The van der Waals surface area contributed by atoms with Gasteiger partial charge in [0.05, 0.1) is 42.4 Å². The minimum absolute atomic E-state index is 0.0110. The van der Waals surface area contributed by atoms with E-state index >= 15 is 0 Å². The summed E-state index contributed by atoms with van der Waals surface area (Å²) in [6.45, 7) is 0.791. The maximum Gasteiger partial charge on any atom is 0.387 e. The highest BCUT2D eigenvalue weighted by Crippen LogP contribution is 2.35. The molecule has 2 fully saturated rings. The Balaban J connectivity index is 1.11. The minimum Gasteiger partial charge on any atom is -0.435 e. The Labute approximate surface area is 229 Å². The Morgan fingerprint density at radius 2 is 1.85 bits per heavy atom. The van der Waals surface area contributed by atoms with Gasteiger partial charge in [0.15, 0.2) is 0 Å². The number of hydrogen-bond acceptors (Lipinski definition) is 7. The Bertz CT molecular complexity index is 1570. The van der Waals surface area contributed by atoms with Gasteiger partial charge >= 0.3 is 6.61 Å². The summed E-state index contributed by atoms with van der Waals surface area (Å²) in [7, 11) is 0. The fraction of sp³-hybridized carbons (Fsp3) is 0.379. The van der Waals surface area contributed by atoms with Crippen LogP contribution >= 0.6 is 0 Å². The number of anilines is 1. The molecule has 0 saturated carbocycles. The van der Waals surface area contributed by atoms with E-state index in [4.69, 9.17) is 19.7 Å². The number of aromatic nitrogens is 4. The molecule has 3 atom stereocenters. The number of alkyl halides is 2. The molecule has 11 heteroatoms. The van der Waals surface area contributed by atoms with Crippen molar-refractivity contribution in [2.45, 2.75) is 57.5 Å². The van der Waals surface area contributed by atoms with Crippen molar-refractivity contribution < 1.29 is 23.0 Å². The molecular formula is C29H28F2N6O3. The third kappa shape index (κ3) is 4.25. The Hall–Kier alpha value is -4.12. The SMILES string of the molecule is Cc1c(OC(F)F)cccc1C(=O)N[C@@H]1CCn2c1nc1ccc(-c3cnc(N4[C@@H]5CC[C@H]4COC5)nc3)cc12. The van der Waals surface area contributed by atoms with Crippen LogP contribution in [0.5, 0.6) is 5.75 Å². The van der Waals surface area contributed by atoms with Gasteiger partial charge in [0.1, 0.15) is 11.6 Å². The van der Waals surface area contributed by atoms with E-state index in [-0.39, 0.29) is 17.7 Å². The smallest absolute Gasteiger partial charge is 0.387 e. The van der Waals surface area contributed by atoms with Crippen molar-refractivity contribution in [3.63, 3.8) is 0 Å². The zero-order valence-corrected chi connectivity index (χ0v) is 21.9. The van der Waals surface area contributed by atoms with Gasteiger partial charge in [0, 0.05) is 35.6 Å². The fourth-order valence-electron chi connectivity index (χ4n) is 6.22. The van der Waals surface area contributed by atoms with Crippen molar-refractivity contribution in [3.8, 4) is 16.9 Å². The van der Waals surface area contributed by atoms with Crippen molar-refractivity contribution in [1.82, 2.24) is 24.8 Å². The molecule has 2 aromatic carbocycles. The van der Waals surface area contributed by atoms with Crippen LogP contribution < -0.4 is 15.0 Å². The number of aryl methyl sites for hydroxylation is 1. The zero-order chi connectivity index (χ0) is 27.4. The summed E-state index contributed by atoms with van der Waals surface area (Å²) in [5.74, 6) is 1.16. The lowest BCUT2D eigenvalue weighted by Crippen LogP contribution is -2.46. The third-order valence-electron chi connectivity index (χ3n) is 8.22. The number of morpholine rings is 1. The molecule has 3 aliphatic heterocycles. The van der Waals surface area contributed by atoms with Crippen molar-refractivity contribution in [2.24, 2.45) is 0 Å². The molecule has 3 aliphatic rings. The Kier molecular flexibility index (Phi) is 6.10. The Morgan fingerprint density at radius 3 is 2.60 bits per heavy atom. The van der Waals surface area contributed by atoms with Crippen LogP contribution in [0.3, 0.4) is 0 Å². The molecule has 40 heavy (non-hydrogen) atoms. The number of carbonyl (C=O) groups excluding carboxylic acids is 1. The largest absolute Gasteiger partial charge is 0.435 e. The van der Waals surface area contributed by atoms with E-state index in [0.717, 1.165) is 60.0 Å². The third-order valence-corrected chi connectivity index (χ3v) is 8.22. The van der Waals surface area contributed by atoms with Gasteiger partial charge in [-0.3, -0.25) is 4.79 Å².